The number of aromatic nitrogens is 2. The number of anilines is 1. The van der Waals surface area contributed by atoms with Gasteiger partial charge in [-0.3, -0.25) is 0 Å². The SMILES string of the molecule is CC1NCCCC1Nc1nnccc1C#N. The van der Waals surface area contributed by atoms with Crippen LogP contribution >= 0.6 is 0 Å². The molecule has 1 saturated heterocycles. The van der Waals surface area contributed by atoms with E-state index in [1.165, 1.54) is 6.20 Å². The zero-order chi connectivity index (χ0) is 11.4. The Labute approximate surface area is 94.9 Å². The molecule has 0 aliphatic carbocycles. The quantitative estimate of drug-likeness (QED) is 0.770. The number of nitrogens with one attached hydrogen (secondary N) is 2. The van der Waals surface area contributed by atoms with Crippen LogP contribution in [-0.2, 0) is 0 Å². The molecule has 1 aliphatic rings. The van der Waals surface area contributed by atoms with Crippen LogP contribution < -0.4 is 10.6 Å². The molecule has 84 valence electrons. The lowest BCUT2D eigenvalue weighted by Crippen LogP contribution is -2.46. The number of hydrogen-bond acceptors (Lipinski definition) is 5. The van der Waals surface area contributed by atoms with Gasteiger partial charge in [0.05, 0.1) is 11.8 Å². The van der Waals surface area contributed by atoms with E-state index < -0.39 is 0 Å². The molecule has 0 saturated carbocycles. The Morgan fingerprint density at radius 3 is 3.25 bits per heavy atom. The molecule has 2 rings (SSSR count). The van der Waals surface area contributed by atoms with E-state index in [-0.39, 0.29) is 0 Å². The molecular weight excluding hydrogens is 202 g/mol. The van der Waals surface area contributed by atoms with Crippen LogP contribution in [0.4, 0.5) is 5.82 Å². The summed E-state index contributed by atoms with van der Waals surface area (Å²) in [6.07, 6.45) is 3.77. The van der Waals surface area contributed by atoms with E-state index >= 15 is 0 Å². The monoisotopic (exact) mass is 217 g/mol. The fourth-order valence-electron chi connectivity index (χ4n) is 1.95. The van der Waals surface area contributed by atoms with Gasteiger partial charge in [-0.1, -0.05) is 0 Å². The maximum atomic E-state index is 8.94. The summed E-state index contributed by atoms with van der Waals surface area (Å²) in [5.41, 5.74) is 0.549. The number of hydrogen-bond donors (Lipinski definition) is 2. The van der Waals surface area contributed by atoms with Crippen LogP contribution in [0.5, 0.6) is 0 Å². The molecule has 2 unspecified atom stereocenters. The van der Waals surface area contributed by atoms with Gasteiger partial charge in [0.15, 0.2) is 5.82 Å². The Bertz CT molecular complexity index is 398. The molecule has 1 aromatic heterocycles. The highest BCUT2D eigenvalue weighted by molar-refractivity contribution is 5.50. The van der Waals surface area contributed by atoms with Crippen LogP contribution in [0.15, 0.2) is 12.3 Å². The van der Waals surface area contributed by atoms with Crippen molar-refractivity contribution in [1.82, 2.24) is 15.5 Å². The van der Waals surface area contributed by atoms with Gasteiger partial charge in [-0.25, -0.2) is 0 Å². The average molecular weight is 217 g/mol. The first-order valence-electron chi connectivity index (χ1n) is 5.53. The maximum absolute atomic E-state index is 8.94. The second kappa shape index (κ2) is 4.90. The van der Waals surface area contributed by atoms with E-state index in [1.807, 2.05) is 0 Å². The van der Waals surface area contributed by atoms with Gasteiger partial charge in [0, 0.05) is 12.1 Å². The van der Waals surface area contributed by atoms with Crippen molar-refractivity contribution in [3.8, 4) is 6.07 Å². The van der Waals surface area contributed by atoms with Gasteiger partial charge in [0.1, 0.15) is 6.07 Å². The number of rotatable bonds is 2. The first-order valence-corrected chi connectivity index (χ1v) is 5.53. The van der Waals surface area contributed by atoms with E-state index in [0.717, 1.165) is 19.4 Å². The summed E-state index contributed by atoms with van der Waals surface area (Å²) in [5.74, 6) is 0.588. The summed E-state index contributed by atoms with van der Waals surface area (Å²) < 4.78 is 0. The number of nitrogens with zero attached hydrogens (tertiary/aromatic N) is 3. The predicted molar refractivity (Wildman–Crippen MR) is 60.9 cm³/mol. The van der Waals surface area contributed by atoms with Crippen LogP contribution in [0.2, 0.25) is 0 Å². The van der Waals surface area contributed by atoms with Crippen LogP contribution in [0.25, 0.3) is 0 Å². The number of nitriles is 1. The summed E-state index contributed by atoms with van der Waals surface area (Å²) in [6.45, 7) is 3.20. The molecule has 0 spiro atoms. The summed E-state index contributed by atoms with van der Waals surface area (Å²) in [7, 11) is 0. The molecule has 5 nitrogen and oxygen atoms in total. The maximum Gasteiger partial charge on any atom is 0.166 e. The van der Waals surface area contributed by atoms with Crippen molar-refractivity contribution in [2.75, 3.05) is 11.9 Å². The third-order valence-corrected chi connectivity index (χ3v) is 2.93. The van der Waals surface area contributed by atoms with Crippen molar-refractivity contribution in [3.63, 3.8) is 0 Å². The third-order valence-electron chi connectivity index (χ3n) is 2.93. The van der Waals surface area contributed by atoms with Gasteiger partial charge in [-0.2, -0.15) is 10.4 Å². The Kier molecular flexibility index (Phi) is 3.32. The van der Waals surface area contributed by atoms with Gasteiger partial charge in [0.2, 0.25) is 0 Å². The van der Waals surface area contributed by atoms with Crippen LogP contribution in [0, 0.1) is 11.3 Å². The molecule has 1 aliphatic heterocycles. The van der Waals surface area contributed by atoms with Crippen LogP contribution in [0.1, 0.15) is 25.3 Å². The highest BCUT2D eigenvalue weighted by Crippen LogP contribution is 2.16. The Balaban J connectivity index is 2.11. The number of piperidine rings is 1. The minimum Gasteiger partial charge on any atom is -0.363 e. The summed E-state index contributed by atoms with van der Waals surface area (Å²) in [5, 5.41) is 23.4. The Morgan fingerprint density at radius 2 is 2.50 bits per heavy atom. The van der Waals surface area contributed by atoms with Crippen LogP contribution in [0.3, 0.4) is 0 Å². The zero-order valence-corrected chi connectivity index (χ0v) is 9.27. The van der Waals surface area contributed by atoms with Gasteiger partial charge >= 0.3 is 0 Å². The summed E-state index contributed by atoms with van der Waals surface area (Å²) in [6, 6.07) is 4.50. The zero-order valence-electron chi connectivity index (χ0n) is 9.27. The van der Waals surface area contributed by atoms with Crippen LogP contribution in [-0.4, -0.2) is 28.8 Å². The first-order chi connectivity index (χ1) is 7.81. The van der Waals surface area contributed by atoms with E-state index in [9.17, 15) is 0 Å². The smallest absolute Gasteiger partial charge is 0.166 e. The van der Waals surface area contributed by atoms with Crippen molar-refractivity contribution in [2.24, 2.45) is 0 Å². The normalized spacial score (nSPS) is 24.8. The van der Waals surface area contributed by atoms with Gasteiger partial charge in [-0.05, 0) is 32.4 Å². The minimum absolute atomic E-state index is 0.317. The predicted octanol–water partition coefficient (Wildman–Crippen LogP) is 0.901. The standard InChI is InChI=1S/C11H15N5/c1-8-10(3-2-5-13-8)15-11-9(7-12)4-6-14-16-11/h4,6,8,10,13H,2-3,5H2,1H3,(H,15,16). The summed E-state index contributed by atoms with van der Waals surface area (Å²) >= 11 is 0. The molecule has 2 N–H and O–H groups in total. The Hall–Kier alpha value is -1.67. The molecule has 0 aromatic carbocycles. The molecule has 0 amide bonds. The third kappa shape index (κ3) is 2.28. The minimum atomic E-state index is 0.317. The molecular formula is C11H15N5. The molecule has 1 fully saturated rings. The summed E-state index contributed by atoms with van der Waals surface area (Å²) in [4.78, 5) is 0. The lowest BCUT2D eigenvalue weighted by atomic mass is 10.00. The molecule has 0 bridgehead atoms. The largest absolute Gasteiger partial charge is 0.363 e. The average Bonchev–Trinajstić information content (AvgIpc) is 2.33. The van der Waals surface area contributed by atoms with Crippen molar-refractivity contribution in [2.45, 2.75) is 31.8 Å². The second-order valence-corrected chi connectivity index (χ2v) is 4.04. The van der Waals surface area contributed by atoms with E-state index in [1.54, 1.807) is 6.07 Å². The van der Waals surface area contributed by atoms with Crippen molar-refractivity contribution < 1.29 is 0 Å². The highest BCUT2D eigenvalue weighted by Gasteiger charge is 2.21. The molecule has 5 heteroatoms. The van der Waals surface area contributed by atoms with Gasteiger partial charge in [-0.15, -0.1) is 5.10 Å². The second-order valence-electron chi connectivity index (χ2n) is 4.04. The molecule has 2 atom stereocenters. The first kappa shape index (κ1) is 10.8. The molecule has 0 radical (unpaired) electrons. The van der Waals surface area contributed by atoms with E-state index in [4.69, 9.17) is 5.26 Å². The van der Waals surface area contributed by atoms with Crippen molar-refractivity contribution >= 4 is 5.82 Å². The van der Waals surface area contributed by atoms with E-state index in [2.05, 4.69) is 33.8 Å². The lowest BCUT2D eigenvalue weighted by molar-refractivity contribution is 0.388. The molecule has 1 aromatic rings. The molecule has 16 heavy (non-hydrogen) atoms. The fourth-order valence-corrected chi connectivity index (χ4v) is 1.95. The van der Waals surface area contributed by atoms with E-state index in [0.29, 0.717) is 23.5 Å². The van der Waals surface area contributed by atoms with Crippen molar-refractivity contribution in [3.05, 3.63) is 17.8 Å². The van der Waals surface area contributed by atoms with Gasteiger partial charge < -0.3 is 10.6 Å². The highest BCUT2D eigenvalue weighted by atomic mass is 15.2. The molecule has 2 heterocycles. The lowest BCUT2D eigenvalue weighted by Gasteiger charge is -2.30. The van der Waals surface area contributed by atoms with Crippen molar-refractivity contribution in [1.29, 1.82) is 5.26 Å². The van der Waals surface area contributed by atoms with Gasteiger partial charge in [0.25, 0.3) is 0 Å². The fraction of sp³-hybridized carbons (Fsp3) is 0.545. The topological polar surface area (TPSA) is 73.6 Å². The Morgan fingerprint density at radius 1 is 1.62 bits per heavy atom.